The number of aliphatic hydroxyl groups excluding tert-OH is 1. The zero-order valence-corrected chi connectivity index (χ0v) is 17.3. The molecule has 0 unspecified atom stereocenters. The lowest BCUT2D eigenvalue weighted by molar-refractivity contribution is -0.192. The number of hydrogen-bond donors (Lipinski definition) is 2. The molecule has 1 saturated heterocycles. The third kappa shape index (κ3) is 5.72. The van der Waals surface area contributed by atoms with Crippen LogP contribution in [0.2, 0.25) is 0 Å². The fourth-order valence-corrected chi connectivity index (χ4v) is 4.13. The normalized spacial score (nSPS) is 18.8. The minimum absolute atomic E-state index is 0.00683. The van der Waals surface area contributed by atoms with E-state index in [2.05, 4.69) is 36.9 Å². The van der Waals surface area contributed by atoms with Crippen molar-refractivity contribution >= 4 is 17.6 Å². The number of aliphatic carboxylic acids is 1. The smallest absolute Gasteiger partial charge is 0.475 e. The zero-order valence-electron chi connectivity index (χ0n) is 17.3. The minimum atomic E-state index is -5.08. The molecule has 2 aliphatic heterocycles. The molecule has 6 nitrogen and oxygen atoms in total. The molecule has 2 N–H and O–H groups in total. The van der Waals surface area contributed by atoms with Crippen LogP contribution in [0.15, 0.2) is 24.3 Å². The van der Waals surface area contributed by atoms with Gasteiger partial charge in [0, 0.05) is 30.6 Å². The first-order valence-corrected chi connectivity index (χ1v) is 10.0. The highest BCUT2D eigenvalue weighted by atomic mass is 19.4. The van der Waals surface area contributed by atoms with Crippen LogP contribution in [0.5, 0.6) is 0 Å². The van der Waals surface area contributed by atoms with Crippen LogP contribution in [0.4, 0.5) is 18.9 Å². The molecular formula is C21H29F3N2O4. The van der Waals surface area contributed by atoms with Crippen LogP contribution in [-0.4, -0.2) is 66.0 Å². The van der Waals surface area contributed by atoms with Gasteiger partial charge >= 0.3 is 12.1 Å². The third-order valence-electron chi connectivity index (χ3n) is 5.58. The quantitative estimate of drug-likeness (QED) is 0.768. The van der Waals surface area contributed by atoms with E-state index >= 15 is 0 Å². The van der Waals surface area contributed by atoms with E-state index in [1.165, 1.54) is 5.56 Å². The predicted molar refractivity (Wildman–Crippen MR) is 106 cm³/mol. The summed E-state index contributed by atoms with van der Waals surface area (Å²) in [7, 11) is 0. The first-order valence-electron chi connectivity index (χ1n) is 10.0. The number of nitrogens with zero attached hydrogens (tertiary/aromatic N) is 2. The fourth-order valence-electron chi connectivity index (χ4n) is 4.13. The van der Waals surface area contributed by atoms with Gasteiger partial charge in [-0.05, 0) is 43.5 Å². The molecule has 1 aromatic rings. The number of alkyl halides is 3. The van der Waals surface area contributed by atoms with Crippen LogP contribution < -0.4 is 4.90 Å². The number of benzene rings is 1. The lowest BCUT2D eigenvalue weighted by Crippen LogP contribution is -2.51. The van der Waals surface area contributed by atoms with Crippen molar-refractivity contribution in [1.29, 1.82) is 0 Å². The Morgan fingerprint density at radius 1 is 1.20 bits per heavy atom. The highest BCUT2D eigenvalue weighted by Gasteiger charge is 2.44. The molecule has 0 bridgehead atoms. The van der Waals surface area contributed by atoms with Crippen LogP contribution >= 0.6 is 0 Å². The van der Waals surface area contributed by atoms with Crippen molar-refractivity contribution in [3.63, 3.8) is 0 Å². The molecule has 0 atom stereocenters. The summed E-state index contributed by atoms with van der Waals surface area (Å²) in [5.74, 6) is -2.02. The topological polar surface area (TPSA) is 81.1 Å². The molecule has 30 heavy (non-hydrogen) atoms. The number of hydrogen-bond acceptors (Lipinski definition) is 4. The second-order valence-electron chi connectivity index (χ2n) is 8.24. The number of rotatable bonds is 4. The van der Waals surface area contributed by atoms with Crippen molar-refractivity contribution in [2.45, 2.75) is 44.7 Å². The van der Waals surface area contributed by atoms with E-state index in [0.717, 1.165) is 44.7 Å². The van der Waals surface area contributed by atoms with Crippen molar-refractivity contribution < 1.29 is 33.0 Å². The number of halogens is 3. The van der Waals surface area contributed by atoms with E-state index in [4.69, 9.17) is 15.0 Å². The van der Waals surface area contributed by atoms with Gasteiger partial charge in [-0.15, -0.1) is 0 Å². The van der Waals surface area contributed by atoms with Crippen molar-refractivity contribution in [2.75, 3.05) is 37.7 Å². The van der Waals surface area contributed by atoms with E-state index in [-0.39, 0.29) is 17.9 Å². The standard InChI is InChI=1S/C19H28N2O2.C2HF3O2/c1-15(2)14-21-17-6-4-3-5-16(17)19(13-18(21)23)7-9-20(10-8-19)11-12-22;3-2(4,5)1(6)7/h3-6,15,22H,7-14H2,1-2H3;(H,6,7). The van der Waals surface area contributed by atoms with Gasteiger partial charge in [0.05, 0.1) is 6.61 Å². The summed E-state index contributed by atoms with van der Waals surface area (Å²) in [5.41, 5.74) is 2.46. The van der Waals surface area contributed by atoms with Crippen LogP contribution in [0, 0.1) is 5.92 Å². The molecule has 0 aliphatic carbocycles. The monoisotopic (exact) mass is 430 g/mol. The number of para-hydroxylation sites is 1. The van der Waals surface area contributed by atoms with Crippen molar-refractivity contribution in [2.24, 2.45) is 5.92 Å². The summed E-state index contributed by atoms with van der Waals surface area (Å²) < 4.78 is 31.7. The predicted octanol–water partition coefficient (Wildman–Crippen LogP) is 3.04. The number of anilines is 1. The molecule has 9 heteroatoms. The molecule has 2 aliphatic rings. The van der Waals surface area contributed by atoms with Gasteiger partial charge in [-0.3, -0.25) is 4.79 Å². The highest BCUT2D eigenvalue weighted by Crippen LogP contribution is 2.47. The summed E-state index contributed by atoms with van der Waals surface area (Å²) in [6.07, 6.45) is -2.44. The van der Waals surface area contributed by atoms with Gasteiger partial charge in [0.1, 0.15) is 0 Å². The average Bonchev–Trinajstić information content (AvgIpc) is 2.67. The maximum Gasteiger partial charge on any atom is 0.490 e. The summed E-state index contributed by atoms with van der Waals surface area (Å²) in [4.78, 5) is 26.0. The first kappa shape index (κ1) is 24.1. The third-order valence-corrected chi connectivity index (χ3v) is 5.58. The summed E-state index contributed by atoms with van der Waals surface area (Å²) in [6.45, 7) is 8.00. The molecule has 0 radical (unpaired) electrons. The van der Waals surface area contributed by atoms with Gasteiger partial charge in [0.2, 0.25) is 5.91 Å². The number of carboxylic acids is 1. The molecule has 0 aromatic heterocycles. The minimum Gasteiger partial charge on any atom is -0.475 e. The second-order valence-corrected chi connectivity index (χ2v) is 8.24. The number of carbonyl (C=O) groups is 2. The number of likely N-dealkylation sites (tertiary alicyclic amines) is 1. The Kier molecular flexibility index (Phi) is 7.87. The molecule has 1 fully saturated rings. The zero-order chi connectivity index (χ0) is 22.5. The largest absolute Gasteiger partial charge is 0.490 e. The Labute approximate surface area is 174 Å². The molecule has 0 saturated carbocycles. The van der Waals surface area contributed by atoms with E-state index in [1.54, 1.807) is 0 Å². The molecule has 168 valence electrons. The number of amides is 1. The van der Waals surface area contributed by atoms with Crippen LogP contribution in [-0.2, 0) is 15.0 Å². The van der Waals surface area contributed by atoms with Crippen molar-refractivity contribution in [3.05, 3.63) is 29.8 Å². The molecule has 1 spiro atoms. The van der Waals surface area contributed by atoms with Crippen molar-refractivity contribution in [3.8, 4) is 0 Å². The lowest BCUT2D eigenvalue weighted by Gasteiger charge is -2.47. The molecule has 3 rings (SSSR count). The highest BCUT2D eigenvalue weighted by molar-refractivity contribution is 5.98. The van der Waals surface area contributed by atoms with Crippen LogP contribution in [0.25, 0.3) is 0 Å². The van der Waals surface area contributed by atoms with E-state index in [1.807, 2.05) is 11.0 Å². The second kappa shape index (κ2) is 9.78. The molecule has 1 amide bonds. The molecular weight excluding hydrogens is 401 g/mol. The van der Waals surface area contributed by atoms with E-state index < -0.39 is 12.1 Å². The summed E-state index contributed by atoms with van der Waals surface area (Å²) >= 11 is 0. The van der Waals surface area contributed by atoms with E-state index in [0.29, 0.717) is 12.3 Å². The van der Waals surface area contributed by atoms with Crippen LogP contribution in [0.1, 0.15) is 38.7 Å². The number of aliphatic hydroxyl groups is 1. The maximum absolute atomic E-state index is 12.8. The first-order chi connectivity index (χ1) is 14.0. The number of β-amino-alcohol motifs (C(OH)–C–C–N with tert-alkyl or cyclic N) is 1. The lowest BCUT2D eigenvalue weighted by atomic mass is 9.67. The molecule has 1 aromatic carbocycles. The Balaban J connectivity index is 0.000000396. The van der Waals surface area contributed by atoms with Gasteiger partial charge in [-0.25, -0.2) is 4.79 Å². The van der Waals surface area contributed by atoms with Gasteiger partial charge in [0.15, 0.2) is 0 Å². The Hall–Kier alpha value is -2.13. The number of carboxylic acid groups (broad SMARTS) is 1. The van der Waals surface area contributed by atoms with Gasteiger partial charge < -0.3 is 20.0 Å². The molecule has 2 heterocycles. The summed E-state index contributed by atoms with van der Waals surface area (Å²) in [6, 6.07) is 8.47. The number of piperidine rings is 1. The fraction of sp³-hybridized carbons (Fsp3) is 0.619. The summed E-state index contributed by atoms with van der Waals surface area (Å²) in [5, 5.41) is 16.3. The SMILES string of the molecule is CC(C)CN1C(=O)CC2(CCN(CCO)CC2)c2ccccc21.O=C(O)C(F)(F)F. The van der Waals surface area contributed by atoms with Crippen molar-refractivity contribution in [1.82, 2.24) is 4.90 Å². The number of carbonyl (C=O) groups excluding carboxylic acids is 1. The Morgan fingerprint density at radius 2 is 1.77 bits per heavy atom. The average molecular weight is 430 g/mol. The van der Waals surface area contributed by atoms with Gasteiger partial charge in [-0.1, -0.05) is 32.0 Å². The van der Waals surface area contributed by atoms with Crippen LogP contribution in [0.3, 0.4) is 0 Å². The Bertz CT molecular complexity index is 744. The Morgan fingerprint density at radius 3 is 2.27 bits per heavy atom. The van der Waals surface area contributed by atoms with Gasteiger partial charge in [-0.2, -0.15) is 13.2 Å². The van der Waals surface area contributed by atoms with E-state index in [9.17, 15) is 18.0 Å². The van der Waals surface area contributed by atoms with Gasteiger partial charge in [0.25, 0.3) is 0 Å². The number of fused-ring (bicyclic) bond motifs is 2. The maximum atomic E-state index is 12.8.